The van der Waals surface area contributed by atoms with Crippen LogP contribution in [0, 0.1) is 12.3 Å². The second-order valence-electron chi connectivity index (χ2n) is 5.52. The van der Waals surface area contributed by atoms with E-state index in [1.54, 1.807) is 6.07 Å². The van der Waals surface area contributed by atoms with E-state index in [1.165, 1.54) is 19.4 Å². The van der Waals surface area contributed by atoms with E-state index in [9.17, 15) is 4.79 Å². The van der Waals surface area contributed by atoms with Crippen LogP contribution in [-0.4, -0.2) is 24.0 Å². The number of nitrogen functional groups attached to an aromatic ring is 1. The maximum Gasteiger partial charge on any atom is 0.320 e. The summed E-state index contributed by atoms with van der Waals surface area (Å²) in [5, 5.41) is 13.7. The van der Waals surface area contributed by atoms with Crippen molar-refractivity contribution in [3.63, 3.8) is 0 Å². The van der Waals surface area contributed by atoms with Crippen LogP contribution in [0.1, 0.15) is 29.7 Å². The van der Waals surface area contributed by atoms with Crippen molar-refractivity contribution in [1.82, 2.24) is 10.3 Å². The van der Waals surface area contributed by atoms with Gasteiger partial charge in [-0.3, -0.25) is 10.7 Å². The highest BCUT2D eigenvalue weighted by molar-refractivity contribution is 6.31. The molecule has 0 spiro atoms. The van der Waals surface area contributed by atoms with Crippen LogP contribution >= 0.6 is 11.6 Å². The third-order valence-electron chi connectivity index (χ3n) is 3.66. The molecule has 7 nitrogen and oxygen atoms in total. The highest BCUT2D eigenvalue weighted by atomic mass is 35.5. The number of anilines is 2. The van der Waals surface area contributed by atoms with Crippen LogP contribution in [0.2, 0.25) is 5.02 Å². The average Bonchev–Trinajstić information content (AvgIpc) is 2.56. The fourth-order valence-corrected chi connectivity index (χ4v) is 2.33. The second kappa shape index (κ2) is 7.85. The monoisotopic (exact) mass is 361 g/mol. The molecule has 0 aliphatic carbocycles. The Morgan fingerprint density at radius 3 is 2.72 bits per heavy atom. The number of amides is 2. The van der Waals surface area contributed by atoms with E-state index in [4.69, 9.17) is 27.5 Å². The van der Waals surface area contributed by atoms with Crippen LogP contribution in [0.3, 0.4) is 0 Å². The van der Waals surface area contributed by atoms with E-state index < -0.39 is 6.03 Å². The summed E-state index contributed by atoms with van der Waals surface area (Å²) in [5.41, 5.74) is 8.38. The van der Waals surface area contributed by atoms with Crippen molar-refractivity contribution < 1.29 is 9.53 Å². The Hall–Kier alpha value is -2.80. The molecular weight excluding hydrogens is 342 g/mol. The number of hydrogen-bond acceptors (Lipinski definition) is 5. The molecule has 2 rings (SSSR count). The maximum absolute atomic E-state index is 12.1. The highest BCUT2D eigenvalue weighted by Crippen LogP contribution is 2.21. The summed E-state index contributed by atoms with van der Waals surface area (Å²) in [6.07, 6.45) is 1.38. The van der Waals surface area contributed by atoms with Crippen LogP contribution in [-0.2, 0) is 4.74 Å². The molecular formula is C17H20ClN5O2. The molecule has 5 N–H and O–H groups in total. The van der Waals surface area contributed by atoms with Gasteiger partial charge in [-0.15, -0.1) is 0 Å². The van der Waals surface area contributed by atoms with Gasteiger partial charge in [-0.25, -0.2) is 9.78 Å². The smallest absolute Gasteiger partial charge is 0.320 e. The first-order valence-corrected chi connectivity index (χ1v) is 7.91. The van der Waals surface area contributed by atoms with E-state index in [0.29, 0.717) is 16.3 Å². The van der Waals surface area contributed by atoms with Gasteiger partial charge < -0.3 is 15.8 Å². The fraction of sp³-hybridized carbons (Fsp3) is 0.235. The predicted octanol–water partition coefficient (Wildman–Crippen LogP) is 3.48. The van der Waals surface area contributed by atoms with E-state index in [0.717, 1.165) is 11.1 Å². The molecule has 0 saturated carbocycles. The van der Waals surface area contributed by atoms with Gasteiger partial charge >= 0.3 is 6.03 Å². The molecule has 1 heterocycles. The zero-order valence-electron chi connectivity index (χ0n) is 14.2. The maximum atomic E-state index is 12.1. The molecule has 1 atom stereocenters. The quantitative estimate of drug-likeness (QED) is 0.493. The molecule has 2 aromatic rings. The lowest BCUT2D eigenvalue weighted by atomic mass is 10.1. The van der Waals surface area contributed by atoms with Gasteiger partial charge in [0.2, 0.25) is 5.90 Å². The third-order valence-corrected chi connectivity index (χ3v) is 4.08. The molecule has 0 saturated heterocycles. The van der Waals surface area contributed by atoms with Crippen LogP contribution in [0.5, 0.6) is 0 Å². The van der Waals surface area contributed by atoms with Crippen molar-refractivity contribution in [3.8, 4) is 0 Å². The van der Waals surface area contributed by atoms with Crippen molar-refractivity contribution in [2.24, 2.45) is 0 Å². The lowest BCUT2D eigenvalue weighted by Crippen LogP contribution is -2.31. The summed E-state index contributed by atoms with van der Waals surface area (Å²) in [7, 11) is 1.38. The number of aromatic nitrogens is 1. The Bertz CT molecular complexity index is 810. The zero-order chi connectivity index (χ0) is 18.6. The number of nitrogens with zero attached hydrogens (tertiary/aromatic N) is 1. The number of carbonyl (C=O) groups is 1. The van der Waals surface area contributed by atoms with E-state index in [-0.39, 0.29) is 17.8 Å². The molecule has 0 aliphatic rings. The molecule has 8 heteroatoms. The summed E-state index contributed by atoms with van der Waals surface area (Å²) in [6.45, 7) is 3.78. The lowest BCUT2D eigenvalue weighted by Gasteiger charge is -2.16. The van der Waals surface area contributed by atoms with Crippen molar-refractivity contribution in [2.75, 3.05) is 18.2 Å². The first-order valence-electron chi connectivity index (χ1n) is 7.53. The number of methoxy groups -OCH3 is 1. The summed E-state index contributed by atoms with van der Waals surface area (Å²) in [6, 6.07) is 6.43. The number of carbonyl (C=O) groups excluding carboxylic acids is 1. The topological polar surface area (TPSA) is 113 Å². The Balaban J connectivity index is 2.03. The van der Waals surface area contributed by atoms with Gasteiger partial charge in [0, 0.05) is 23.0 Å². The minimum atomic E-state index is -0.415. The number of ether oxygens (including phenoxy) is 1. The summed E-state index contributed by atoms with van der Waals surface area (Å²) >= 11 is 6.01. The van der Waals surface area contributed by atoms with Gasteiger partial charge in [0.25, 0.3) is 0 Å². The first kappa shape index (κ1) is 18.5. The van der Waals surface area contributed by atoms with Gasteiger partial charge in [0.15, 0.2) is 0 Å². The number of aryl methyl sites for hydroxylation is 1. The predicted molar refractivity (Wildman–Crippen MR) is 99.2 cm³/mol. The van der Waals surface area contributed by atoms with E-state index >= 15 is 0 Å². The summed E-state index contributed by atoms with van der Waals surface area (Å²) in [4.78, 5) is 16.2. The molecule has 0 aliphatic heterocycles. The molecule has 25 heavy (non-hydrogen) atoms. The fourth-order valence-electron chi connectivity index (χ4n) is 2.21. The molecule has 0 fully saturated rings. The van der Waals surface area contributed by atoms with Crippen molar-refractivity contribution in [1.29, 1.82) is 5.41 Å². The summed E-state index contributed by atoms with van der Waals surface area (Å²) in [5.74, 6) is 0.190. The average molecular weight is 362 g/mol. The van der Waals surface area contributed by atoms with Gasteiger partial charge in [-0.2, -0.15) is 0 Å². The number of hydrogen-bond donors (Lipinski definition) is 4. The molecule has 1 aromatic carbocycles. The normalized spacial score (nSPS) is 11.5. The molecule has 0 unspecified atom stereocenters. The molecule has 132 valence electrons. The number of urea groups is 1. The first-order chi connectivity index (χ1) is 11.8. The minimum Gasteiger partial charge on any atom is -0.481 e. The molecule has 1 aromatic heterocycles. The number of nitrogens with one attached hydrogen (secondary N) is 3. The summed E-state index contributed by atoms with van der Waals surface area (Å²) < 4.78 is 4.81. The van der Waals surface area contributed by atoms with Crippen LogP contribution in [0.4, 0.5) is 16.3 Å². The largest absolute Gasteiger partial charge is 0.481 e. The second-order valence-corrected chi connectivity index (χ2v) is 5.93. The molecule has 0 radical (unpaired) electrons. The Kier molecular flexibility index (Phi) is 5.82. The number of rotatable bonds is 4. The van der Waals surface area contributed by atoms with Crippen molar-refractivity contribution in [3.05, 3.63) is 52.2 Å². The Morgan fingerprint density at radius 1 is 1.40 bits per heavy atom. The van der Waals surface area contributed by atoms with Crippen LogP contribution < -0.4 is 16.4 Å². The van der Waals surface area contributed by atoms with Crippen molar-refractivity contribution in [2.45, 2.75) is 19.9 Å². The SMILES string of the molecule is COC(=N)c1cnc(NC(=O)N[C@H](C)c2ccc(Cl)c(C)c2)cc1N. The molecule has 0 bridgehead atoms. The van der Waals surface area contributed by atoms with Crippen LogP contribution in [0.15, 0.2) is 30.5 Å². The number of nitrogens with two attached hydrogens (primary N) is 1. The Morgan fingerprint density at radius 2 is 2.12 bits per heavy atom. The lowest BCUT2D eigenvalue weighted by molar-refractivity contribution is 0.249. The zero-order valence-corrected chi connectivity index (χ0v) is 14.9. The molecule has 2 amide bonds. The minimum absolute atomic E-state index is 0.0901. The van der Waals surface area contributed by atoms with E-state index in [2.05, 4.69) is 15.6 Å². The number of pyridine rings is 1. The highest BCUT2D eigenvalue weighted by Gasteiger charge is 2.13. The third kappa shape index (κ3) is 4.60. The number of benzene rings is 1. The van der Waals surface area contributed by atoms with Gasteiger partial charge in [0.1, 0.15) is 5.82 Å². The van der Waals surface area contributed by atoms with Gasteiger partial charge in [-0.05, 0) is 31.0 Å². The van der Waals surface area contributed by atoms with Crippen molar-refractivity contribution >= 4 is 35.0 Å². The standard InChI is InChI=1S/C17H20ClN5O2/c1-9-6-11(4-5-13(9)18)10(2)22-17(24)23-15-7-14(19)12(8-21-15)16(20)25-3/h4-8,10,20H,1-3H3,(H4,19,21,22,23,24)/t10-/m1/s1. The van der Waals surface area contributed by atoms with Gasteiger partial charge in [-0.1, -0.05) is 23.7 Å². The van der Waals surface area contributed by atoms with Crippen LogP contribution in [0.25, 0.3) is 0 Å². The number of halogens is 1. The Labute approximate surface area is 151 Å². The van der Waals surface area contributed by atoms with E-state index in [1.807, 2.05) is 26.0 Å². The van der Waals surface area contributed by atoms with Gasteiger partial charge in [0.05, 0.1) is 18.7 Å².